The van der Waals surface area contributed by atoms with Crippen LogP contribution in [0.4, 0.5) is 34.6 Å². The fourth-order valence-corrected chi connectivity index (χ4v) is 11.3. The third-order valence-corrected chi connectivity index (χ3v) is 15.9. The van der Waals surface area contributed by atoms with Crippen LogP contribution in [0.5, 0.6) is 0 Å². The minimum Gasteiger partial charge on any atom is -0.369 e. The first kappa shape index (κ1) is 51.7. The van der Waals surface area contributed by atoms with Crippen LogP contribution < -0.4 is 36.1 Å². The molecule has 11 aromatic rings. The number of aromatic nitrogens is 9. The average Bonchev–Trinajstić information content (AvgIpc) is 3.69. The van der Waals surface area contributed by atoms with Gasteiger partial charge in [0.05, 0.1) is 11.1 Å². The van der Waals surface area contributed by atoms with E-state index < -0.39 is 0 Å². The van der Waals surface area contributed by atoms with Crippen LogP contribution in [0.3, 0.4) is 0 Å². The Kier molecular flexibility index (Phi) is 14.1. The summed E-state index contributed by atoms with van der Waals surface area (Å²) in [5.41, 5.74) is 13.0. The first-order valence-corrected chi connectivity index (χ1v) is 28.1. The maximum absolute atomic E-state index is 14.0. The van der Waals surface area contributed by atoms with Gasteiger partial charge in [-0.15, -0.1) is 0 Å². The summed E-state index contributed by atoms with van der Waals surface area (Å²) in [6.45, 7) is 13.2. The number of piperazine rings is 2. The number of rotatable bonds is 14. The number of nitrogens with one attached hydrogen (secondary N) is 2. The van der Waals surface area contributed by atoms with E-state index in [0.29, 0.717) is 54.1 Å². The largest absolute Gasteiger partial charge is 0.369 e. The van der Waals surface area contributed by atoms with Gasteiger partial charge >= 0.3 is 0 Å². The van der Waals surface area contributed by atoms with Crippen molar-refractivity contribution in [1.82, 2.24) is 48.8 Å². The number of aryl methyl sites for hydroxylation is 2. The molecular formula is C65H62N15O2+. The van der Waals surface area contributed by atoms with Crippen molar-refractivity contribution in [3.05, 3.63) is 198 Å². The van der Waals surface area contributed by atoms with Crippen molar-refractivity contribution in [2.24, 2.45) is 0 Å². The summed E-state index contributed by atoms with van der Waals surface area (Å²) in [5, 5.41) is 9.38. The Balaban J connectivity index is 0.620. The molecule has 17 nitrogen and oxygen atoms in total. The fourth-order valence-electron chi connectivity index (χ4n) is 11.3. The predicted octanol–water partition coefficient (Wildman–Crippen LogP) is 9.85. The number of likely N-dealkylation sites (N-methyl/N-ethyl adjacent to an activating group) is 1. The third-order valence-electron chi connectivity index (χ3n) is 15.9. The van der Waals surface area contributed by atoms with Crippen molar-refractivity contribution >= 4 is 67.6 Å². The molecule has 6 aromatic heterocycles. The SMILES string of the molecule is CCn1c(=O)c(-c2ccc(-c3cnc[n+](CN4CCN(c5ccc(Nc6ncc7cc(-c8ccc(-c9cccc%10ncccc9%10)cc8)c(=O)n(CC)c7n6)cc5)CC4)c3)cc2)cc2cnc(Nc3ccc(N4CCN(C)CC4)cc3)nc21. The average molecular weight is 1090 g/mol. The quantitative estimate of drug-likeness (QED) is 0.0990. The maximum Gasteiger partial charge on any atom is 0.287 e. The van der Waals surface area contributed by atoms with Gasteiger partial charge in [0.2, 0.25) is 11.9 Å². The molecule has 0 radical (unpaired) electrons. The zero-order valence-corrected chi connectivity index (χ0v) is 46.2. The molecule has 13 rings (SSSR count). The van der Waals surface area contributed by atoms with Gasteiger partial charge < -0.3 is 25.3 Å². The molecule has 0 bridgehead atoms. The van der Waals surface area contributed by atoms with E-state index in [1.807, 2.05) is 93.1 Å². The molecule has 2 aliphatic rings. The van der Waals surface area contributed by atoms with Gasteiger partial charge in [0, 0.05) is 134 Å². The third kappa shape index (κ3) is 10.5. The second-order valence-electron chi connectivity index (χ2n) is 21.1. The van der Waals surface area contributed by atoms with Gasteiger partial charge in [-0.25, -0.2) is 14.5 Å². The molecule has 2 N–H and O–H groups in total. The first-order chi connectivity index (χ1) is 40.2. The van der Waals surface area contributed by atoms with Crippen molar-refractivity contribution in [2.45, 2.75) is 33.6 Å². The van der Waals surface area contributed by atoms with Crippen LogP contribution >= 0.6 is 0 Å². The number of pyridine rings is 3. The molecule has 0 atom stereocenters. The number of hydrogen-bond acceptors (Lipinski definition) is 14. The molecule has 8 heterocycles. The lowest BCUT2D eigenvalue weighted by molar-refractivity contribution is -0.718. The monoisotopic (exact) mass is 1080 g/mol. The number of anilines is 6. The predicted molar refractivity (Wildman–Crippen MR) is 327 cm³/mol. The lowest BCUT2D eigenvalue weighted by atomic mass is 9.98. The van der Waals surface area contributed by atoms with Gasteiger partial charge in [-0.3, -0.25) is 28.6 Å². The van der Waals surface area contributed by atoms with Crippen molar-refractivity contribution in [3.8, 4) is 44.5 Å². The van der Waals surface area contributed by atoms with Gasteiger partial charge in [-0.05, 0) is 122 Å². The number of fused-ring (bicyclic) bond motifs is 3. The molecule has 82 heavy (non-hydrogen) atoms. The summed E-state index contributed by atoms with van der Waals surface area (Å²) in [7, 11) is 2.16. The Hall–Kier alpha value is -9.71. The lowest BCUT2D eigenvalue weighted by Crippen LogP contribution is -2.52. The standard InChI is InChI=1S/C65H61N15O2/c1-4-79-60-48(39-68-64(72-60)70-51-19-23-53(24-20-51)77-32-28-74(3)29-33-77)36-57(62(79)81)46-13-11-44(12-14-46)50-38-66-42-76(41-50)43-75-30-34-78(35-31-75)54-25-21-52(22-26-54)71-65-69-40-49-37-58(63(82)80(5-2)61(49)73-65)47-17-15-45(16-18-47)55-8-6-10-59-56(55)9-7-27-67-59/h6-27,36-42H,4-5,28-35,43H2,1-3H3,(H-,67,68,69,70,71,72,73,81,82)/p+1. The summed E-state index contributed by atoms with van der Waals surface area (Å²) in [4.78, 5) is 65.7. The summed E-state index contributed by atoms with van der Waals surface area (Å²) < 4.78 is 5.57. The molecule has 408 valence electrons. The van der Waals surface area contributed by atoms with E-state index in [1.54, 1.807) is 27.7 Å². The zero-order chi connectivity index (χ0) is 55.7. The van der Waals surface area contributed by atoms with E-state index in [1.165, 1.54) is 5.69 Å². The Morgan fingerprint density at radius 3 is 1.56 bits per heavy atom. The van der Waals surface area contributed by atoms with E-state index in [0.717, 1.165) is 124 Å². The Bertz CT molecular complexity index is 4240. The molecule has 2 fully saturated rings. The van der Waals surface area contributed by atoms with E-state index >= 15 is 0 Å². The summed E-state index contributed by atoms with van der Waals surface area (Å²) in [5.74, 6) is 0.866. The highest BCUT2D eigenvalue weighted by Crippen LogP contribution is 2.32. The highest BCUT2D eigenvalue weighted by molar-refractivity contribution is 5.95. The topological polar surface area (TPSA) is 162 Å². The molecule has 0 unspecified atom stereocenters. The molecule has 0 saturated carbocycles. The van der Waals surface area contributed by atoms with Crippen molar-refractivity contribution in [1.29, 1.82) is 0 Å². The Morgan fingerprint density at radius 2 is 1.02 bits per heavy atom. The summed E-state index contributed by atoms with van der Waals surface area (Å²) >= 11 is 0. The van der Waals surface area contributed by atoms with Gasteiger partial charge in [-0.1, -0.05) is 71.7 Å². The van der Waals surface area contributed by atoms with Gasteiger partial charge in [0.1, 0.15) is 24.2 Å². The molecule has 0 amide bonds. The van der Waals surface area contributed by atoms with E-state index in [9.17, 15) is 9.59 Å². The van der Waals surface area contributed by atoms with Crippen molar-refractivity contribution < 1.29 is 4.57 Å². The lowest BCUT2D eigenvalue weighted by Gasteiger charge is -2.35. The molecule has 0 spiro atoms. The Labute approximate surface area is 474 Å². The van der Waals surface area contributed by atoms with Gasteiger partial charge in [0.25, 0.3) is 17.4 Å². The second kappa shape index (κ2) is 22.4. The molecule has 5 aromatic carbocycles. The zero-order valence-electron chi connectivity index (χ0n) is 46.2. The summed E-state index contributed by atoms with van der Waals surface area (Å²) in [6.07, 6.45) is 11.3. The van der Waals surface area contributed by atoms with E-state index in [4.69, 9.17) is 9.97 Å². The minimum absolute atomic E-state index is 0.0965. The second-order valence-corrected chi connectivity index (χ2v) is 21.1. The highest BCUT2D eigenvalue weighted by atomic mass is 16.1. The van der Waals surface area contributed by atoms with E-state index in [-0.39, 0.29) is 11.1 Å². The maximum atomic E-state index is 14.0. The van der Waals surface area contributed by atoms with Crippen LogP contribution in [-0.4, -0.2) is 108 Å². The molecule has 17 heteroatoms. The van der Waals surface area contributed by atoms with Crippen LogP contribution in [0.2, 0.25) is 0 Å². The minimum atomic E-state index is -0.0972. The van der Waals surface area contributed by atoms with Crippen LogP contribution in [0.1, 0.15) is 13.8 Å². The Morgan fingerprint density at radius 1 is 0.512 bits per heavy atom. The first-order valence-electron chi connectivity index (χ1n) is 28.1. The van der Waals surface area contributed by atoms with E-state index in [2.05, 4.69) is 141 Å². The van der Waals surface area contributed by atoms with Crippen LogP contribution in [-0.2, 0) is 19.8 Å². The highest BCUT2D eigenvalue weighted by Gasteiger charge is 2.21. The van der Waals surface area contributed by atoms with Gasteiger partial charge in [0.15, 0.2) is 6.20 Å². The smallest absolute Gasteiger partial charge is 0.287 e. The fraction of sp³-hybridized carbons (Fsp3) is 0.215. The number of nitrogens with zero attached hydrogens (tertiary/aromatic N) is 13. The van der Waals surface area contributed by atoms with Crippen LogP contribution in [0.25, 0.3) is 77.5 Å². The normalized spacial score (nSPS) is 14.2. The molecule has 2 saturated heterocycles. The van der Waals surface area contributed by atoms with Crippen molar-refractivity contribution in [2.75, 3.05) is 79.8 Å². The summed E-state index contributed by atoms with van der Waals surface area (Å²) in [6, 6.07) is 46.9. The number of benzene rings is 5. The van der Waals surface area contributed by atoms with Crippen LogP contribution in [0, 0.1) is 0 Å². The molecule has 0 aliphatic carbocycles. The molecule has 2 aliphatic heterocycles. The number of hydrogen-bond donors (Lipinski definition) is 2. The molecular weight excluding hydrogens is 1020 g/mol. The van der Waals surface area contributed by atoms with Gasteiger partial charge in [-0.2, -0.15) is 9.97 Å². The van der Waals surface area contributed by atoms with Crippen LogP contribution in [0.15, 0.2) is 186 Å². The van der Waals surface area contributed by atoms with Crippen molar-refractivity contribution in [3.63, 3.8) is 0 Å².